The van der Waals surface area contributed by atoms with Crippen molar-refractivity contribution in [1.29, 1.82) is 0 Å². The zero-order valence-corrected chi connectivity index (χ0v) is 18.3. The van der Waals surface area contributed by atoms with Gasteiger partial charge in [0.1, 0.15) is 21.8 Å². The highest BCUT2D eigenvalue weighted by Gasteiger charge is 2.70. The molecular weight excluding hydrogens is 443 g/mol. The Hall–Kier alpha value is -2.99. The Morgan fingerprint density at radius 2 is 2.10 bits per heavy atom. The van der Waals surface area contributed by atoms with Gasteiger partial charge in [0.2, 0.25) is 16.0 Å². The van der Waals surface area contributed by atoms with Crippen LogP contribution in [0.3, 0.4) is 0 Å². The van der Waals surface area contributed by atoms with Gasteiger partial charge >= 0.3 is 0 Å². The van der Waals surface area contributed by atoms with Gasteiger partial charge in [-0.3, -0.25) is 9.20 Å². The average molecular weight is 463 g/mol. The fourth-order valence-corrected chi connectivity index (χ4v) is 7.00. The molecule has 1 atom stereocenters. The molecule has 5 rings (SSSR count). The van der Waals surface area contributed by atoms with Gasteiger partial charge in [-0.15, -0.1) is 11.3 Å². The van der Waals surface area contributed by atoms with Crippen molar-refractivity contribution in [3.8, 4) is 0 Å². The third-order valence-electron chi connectivity index (χ3n) is 6.18. The number of sulfonamides is 1. The van der Waals surface area contributed by atoms with E-state index in [1.54, 1.807) is 23.7 Å². The molecule has 0 bridgehead atoms. The summed E-state index contributed by atoms with van der Waals surface area (Å²) < 4.78 is 42.5. The van der Waals surface area contributed by atoms with Crippen LogP contribution in [0.25, 0.3) is 4.96 Å². The molecule has 1 aliphatic carbocycles. The molecule has 1 aromatic carbocycles. The van der Waals surface area contributed by atoms with Crippen molar-refractivity contribution in [1.82, 2.24) is 13.7 Å². The van der Waals surface area contributed by atoms with Crippen LogP contribution in [-0.2, 0) is 15.6 Å². The van der Waals surface area contributed by atoms with E-state index in [1.165, 1.54) is 36.6 Å². The number of amides is 1. The number of hydrogen-bond acceptors (Lipinski definition) is 7. The zero-order valence-electron chi connectivity index (χ0n) is 16.7. The van der Waals surface area contributed by atoms with Gasteiger partial charge in [0.25, 0.3) is 5.91 Å². The summed E-state index contributed by atoms with van der Waals surface area (Å²) in [7, 11) is -2.48. The number of guanidine groups is 1. The van der Waals surface area contributed by atoms with Crippen LogP contribution < -0.4 is 11.1 Å². The van der Waals surface area contributed by atoms with E-state index in [2.05, 4.69) is 15.3 Å². The highest BCUT2D eigenvalue weighted by Crippen LogP contribution is 2.60. The lowest BCUT2D eigenvalue weighted by molar-refractivity contribution is 0.102. The van der Waals surface area contributed by atoms with Crippen LogP contribution in [0.4, 0.5) is 10.1 Å². The molecule has 1 saturated carbocycles. The fraction of sp³-hybridized carbons (Fsp3) is 0.316. The normalized spacial score (nSPS) is 23.7. The molecule has 9 nitrogen and oxygen atoms in total. The van der Waals surface area contributed by atoms with Crippen LogP contribution in [0.1, 0.15) is 35.8 Å². The first-order valence-electron chi connectivity index (χ1n) is 9.46. The van der Waals surface area contributed by atoms with Gasteiger partial charge < -0.3 is 11.1 Å². The summed E-state index contributed by atoms with van der Waals surface area (Å²) in [6, 6.07) is 4.02. The Balaban J connectivity index is 1.54. The minimum Gasteiger partial charge on any atom is -0.369 e. The number of halogens is 1. The minimum atomic E-state index is -3.83. The van der Waals surface area contributed by atoms with E-state index < -0.39 is 32.0 Å². The van der Waals surface area contributed by atoms with Crippen LogP contribution in [0, 0.1) is 5.82 Å². The third kappa shape index (κ3) is 2.64. The van der Waals surface area contributed by atoms with Crippen LogP contribution in [-0.4, -0.2) is 45.8 Å². The molecule has 162 valence electrons. The number of rotatable bonds is 3. The molecular formula is C19H19FN6O3S2. The lowest BCUT2D eigenvalue weighted by atomic mass is 9.86. The summed E-state index contributed by atoms with van der Waals surface area (Å²) >= 11 is 1.40. The van der Waals surface area contributed by atoms with Gasteiger partial charge in [0.15, 0.2) is 4.96 Å². The van der Waals surface area contributed by atoms with Gasteiger partial charge in [0, 0.05) is 36.1 Å². The van der Waals surface area contributed by atoms with Gasteiger partial charge in [-0.25, -0.2) is 27.1 Å². The van der Waals surface area contributed by atoms with Gasteiger partial charge in [-0.05, 0) is 38.0 Å². The first-order chi connectivity index (χ1) is 14.6. The minimum absolute atomic E-state index is 0.0632. The van der Waals surface area contributed by atoms with E-state index in [0.29, 0.717) is 23.5 Å². The Morgan fingerprint density at radius 3 is 2.77 bits per heavy atom. The van der Waals surface area contributed by atoms with E-state index in [0.717, 1.165) is 4.31 Å². The Kier molecular flexibility index (Phi) is 4.03. The Bertz CT molecular complexity index is 1350. The quantitative estimate of drug-likeness (QED) is 0.617. The molecule has 0 radical (unpaired) electrons. The second-order valence-electron chi connectivity index (χ2n) is 7.88. The largest absolute Gasteiger partial charge is 0.369 e. The Morgan fingerprint density at radius 1 is 1.35 bits per heavy atom. The van der Waals surface area contributed by atoms with E-state index >= 15 is 0 Å². The number of hydrogen-bond donors (Lipinski definition) is 2. The summed E-state index contributed by atoms with van der Waals surface area (Å²) in [5.74, 6) is -1.28. The van der Waals surface area contributed by atoms with Gasteiger partial charge in [-0.1, -0.05) is 0 Å². The SMILES string of the molecule is CN1C(N)=NC(C)(c2cc(NC(=O)c3cn4ccsc4n3)ccc2F)C2(CC2)S1(=O)=O. The van der Waals surface area contributed by atoms with Crippen LogP contribution in [0.15, 0.2) is 41.0 Å². The van der Waals surface area contributed by atoms with Crippen molar-refractivity contribution in [2.24, 2.45) is 10.7 Å². The van der Waals surface area contributed by atoms with Crippen LogP contribution in [0.5, 0.6) is 0 Å². The standard InChI is InChI=1S/C19H19FN6O3S2/c1-18(19(5-6-19)31(28,29)25(2)16(21)24-18)12-9-11(3-4-13(12)20)22-15(27)14-10-26-7-8-30-17(26)23-14/h3-4,7-10H,5-6H2,1-2H3,(H2,21,24)(H,22,27). The van der Waals surface area contributed by atoms with Crippen LogP contribution in [0.2, 0.25) is 0 Å². The molecule has 1 unspecified atom stereocenters. The molecule has 3 aromatic rings. The summed E-state index contributed by atoms with van der Waals surface area (Å²) in [5, 5.41) is 4.56. The number of aliphatic imine (C=N–C) groups is 1. The third-order valence-corrected chi connectivity index (χ3v) is 9.65. The number of carbonyl (C=O) groups is 1. The first kappa shape index (κ1) is 19.9. The number of anilines is 1. The number of aromatic nitrogens is 2. The maximum absolute atomic E-state index is 15.0. The topological polar surface area (TPSA) is 122 Å². The second kappa shape index (κ2) is 6.26. The van der Waals surface area contributed by atoms with Crippen molar-refractivity contribution < 1.29 is 17.6 Å². The van der Waals surface area contributed by atoms with Gasteiger partial charge in [-0.2, -0.15) is 0 Å². The summed E-state index contributed by atoms with van der Waals surface area (Å²) in [6.45, 7) is 1.57. The molecule has 1 spiro atoms. The highest BCUT2D eigenvalue weighted by molar-refractivity contribution is 7.91. The molecule has 1 amide bonds. The van der Waals surface area contributed by atoms with E-state index in [-0.39, 0.29) is 17.2 Å². The molecule has 31 heavy (non-hydrogen) atoms. The fourth-order valence-electron chi connectivity index (χ4n) is 4.21. The molecule has 0 saturated heterocycles. The molecule has 1 aliphatic heterocycles. The predicted molar refractivity (Wildman–Crippen MR) is 115 cm³/mol. The van der Waals surface area contributed by atoms with Crippen molar-refractivity contribution in [2.75, 3.05) is 12.4 Å². The molecule has 3 N–H and O–H groups in total. The molecule has 12 heteroatoms. The summed E-state index contributed by atoms with van der Waals surface area (Å²) in [6.07, 6.45) is 4.07. The lowest BCUT2D eigenvalue weighted by Gasteiger charge is -2.42. The zero-order chi connectivity index (χ0) is 22.2. The monoisotopic (exact) mass is 462 g/mol. The number of fused-ring (bicyclic) bond motifs is 1. The van der Waals surface area contributed by atoms with E-state index in [1.807, 2.05) is 5.38 Å². The summed E-state index contributed by atoms with van der Waals surface area (Å²) in [5.41, 5.74) is 5.04. The molecule has 2 aromatic heterocycles. The predicted octanol–water partition coefficient (Wildman–Crippen LogP) is 2.12. The highest BCUT2D eigenvalue weighted by atomic mass is 32.2. The molecule has 2 aliphatic rings. The smallest absolute Gasteiger partial charge is 0.275 e. The number of nitrogens with two attached hydrogens (primary N) is 1. The number of nitrogens with one attached hydrogen (secondary N) is 1. The first-order valence-corrected chi connectivity index (χ1v) is 11.8. The maximum atomic E-state index is 15.0. The lowest BCUT2D eigenvalue weighted by Crippen LogP contribution is -2.58. The van der Waals surface area contributed by atoms with Crippen molar-refractivity contribution >= 4 is 43.9 Å². The van der Waals surface area contributed by atoms with Gasteiger partial charge in [0.05, 0.1) is 0 Å². The average Bonchev–Trinajstić information content (AvgIpc) is 3.28. The van der Waals surface area contributed by atoms with Crippen molar-refractivity contribution in [3.05, 3.63) is 53.0 Å². The van der Waals surface area contributed by atoms with E-state index in [9.17, 15) is 17.6 Å². The molecule has 3 heterocycles. The number of nitrogens with zero attached hydrogens (tertiary/aromatic N) is 4. The number of thiazole rings is 1. The number of carbonyl (C=O) groups excluding carboxylic acids is 1. The molecule has 1 fully saturated rings. The maximum Gasteiger partial charge on any atom is 0.275 e. The van der Waals surface area contributed by atoms with Crippen molar-refractivity contribution in [3.63, 3.8) is 0 Å². The second-order valence-corrected chi connectivity index (χ2v) is 11.0. The van der Waals surface area contributed by atoms with E-state index in [4.69, 9.17) is 5.73 Å². The van der Waals surface area contributed by atoms with Crippen LogP contribution >= 0.6 is 11.3 Å². The number of benzene rings is 1. The van der Waals surface area contributed by atoms with Crippen molar-refractivity contribution in [2.45, 2.75) is 30.1 Å². The Labute approximate surface area is 181 Å². The summed E-state index contributed by atoms with van der Waals surface area (Å²) in [4.78, 5) is 22.0. The number of imidazole rings is 1.